The molecule has 36 heavy (non-hydrogen) atoms. The molecule has 0 bridgehead atoms. The van der Waals surface area contributed by atoms with Gasteiger partial charge in [-0.3, -0.25) is 4.98 Å². The molecule has 0 aliphatic rings. The smallest absolute Gasteiger partial charge is 0.183 e. The molecule has 5 heteroatoms. The van der Waals surface area contributed by atoms with E-state index in [0.29, 0.717) is 23.2 Å². The van der Waals surface area contributed by atoms with Crippen LogP contribution in [0.1, 0.15) is 0 Å². The van der Waals surface area contributed by atoms with Crippen LogP contribution in [0.5, 0.6) is 0 Å². The molecule has 0 saturated heterocycles. The Morgan fingerprint density at radius 1 is 0.444 bits per heavy atom. The summed E-state index contributed by atoms with van der Waals surface area (Å²) in [5.74, 6) is 1.76. The van der Waals surface area contributed by atoms with Crippen LogP contribution in [0.3, 0.4) is 0 Å². The van der Waals surface area contributed by atoms with Crippen molar-refractivity contribution in [1.82, 2.24) is 24.9 Å². The summed E-state index contributed by atoms with van der Waals surface area (Å²) in [6.07, 6.45) is 1.83. The SMILES string of the molecule is c1ccc(-c2nc(-c3ccccc3)nc(-c3nc4ccccc4c4c3ccc3cccnc34)n2)cc1. The van der Waals surface area contributed by atoms with E-state index in [2.05, 4.69) is 24.3 Å². The number of para-hydroxylation sites is 1. The Labute approximate surface area is 207 Å². The van der Waals surface area contributed by atoms with E-state index in [9.17, 15) is 0 Å². The Kier molecular flexibility index (Phi) is 4.71. The van der Waals surface area contributed by atoms with Gasteiger partial charge in [-0.2, -0.15) is 0 Å². The average molecular weight is 462 g/mol. The summed E-state index contributed by atoms with van der Waals surface area (Å²) in [5.41, 5.74) is 4.38. The summed E-state index contributed by atoms with van der Waals surface area (Å²) in [4.78, 5) is 24.5. The molecule has 0 aliphatic heterocycles. The Balaban J connectivity index is 1.59. The molecule has 0 fully saturated rings. The average Bonchev–Trinajstić information content (AvgIpc) is 2.97. The minimum atomic E-state index is 0.536. The van der Waals surface area contributed by atoms with Crippen molar-refractivity contribution in [2.24, 2.45) is 0 Å². The van der Waals surface area contributed by atoms with Crippen LogP contribution in [0.15, 0.2) is 115 Å². The number of fused-ring (bicyclic) bond motifs is 5. The lowest BCUT2D eigenvalue weighted by Crippen LogP contribution is -2.02. The largest absolute Gasteiger partial charge is 0.256 e. The zero-order chi connectivity index (χ0) is 23.9. The van der Waals surface area contributed by atoms with Crippen LogP contribution >= 0.6 is 0 Å². The maximum Gasteiger partial charge on any atom is 0.183 e. The summed E-state index contributed by atoms with van der Waals surface area (Å²) in [6.45, 7) is 0. The van der Waals surface area contributed by atoms with Gasteiger partial charge in [0.1, 0.15) is 5.69 Å². The van der Waals surface area contributed by atoms with Crippen LogP contribution in [0.4, 0.5) is 0 Å². The third-order valence-corrected chi connectivity index (χ3v) is 6.35. The van der Waals surface area contributed by atoms with E-state index in [1.807, 2.05) is 91.1 Å². The third-order valence-electron chi connectivity index (χ3n) is 6.35. The van der Waals surface area contributed by atoms with Gasteiger partial charge in [0, 0.05) is 38.9 Å². The molecule has 0 saturated carbocycles. The van der Waals surface area contributed by atoms with E-state index in [-0.39, 0.29) is 0 Å². The first-order chi connectivity index (χ1) is 17.8. The molecule has 0 aliphatic carbocycles. The molecule has 0 atom stereocenters. The van der Waals surface area contributed by atoms with Crippen LogP contribution in [-0.4, -0.2) is 24.9 Å². The summed E-state index contributed by atoms with van der Waals surface area (Å²) >= 11 is 0. The van der Waals surface area contributed by atoms with E-state index in [4.69, 9.17) is 24.9 Å². The molecular weight excluding hydrogens is 442 g/mol. The van der Waals surface area contributed by atoms with Crippen LogP contribution in [0.25, 0.3) is 66.9 Å². The normalized spacial score (nSPS) is 11.3. The number of aromatic nitrogens is 5. The van der Waals surface area contributed by atoms with Crippen molar-refractivity contribution >= 4 is 32.6 Å². The molecule has 7 rings (SSSR count). The van der Waals surface area contributed by atoms with Gasteiger partial charge < -0.3 is 0 Å². The molecule has 5 nitrogen and oxygen atoms in total. The number of pyridine rings is 2. The molecule has 0 amide bonds. The van der Waals surface area contributed by atoms with Gasteiger partial charge in [0.2, 0.25) is 0 Å². The highest BCUT2D eigenvalue weighted by Crippen LogP contribution is 2.36. The highest BCUT2D eigenvalue weighted by Gasteiger charge is 2.18. The Morgan fingerprint density at radius 3 is 1.81 bits per heavy atom. The Bertz CT molecular complexity index is 1810. The quantitative estimate of drug-likeness (QED) is 0.262. The second-order valence-corrected chi connectivity index (χ2v) is 8.58. The van der Waals surface area contributed by atoms with Crippen molar-refractivity contribution in [1.29, 1.82) is 0 Å². The second kappa shape index (κ2) is 8.32. The van der Waals surface area contributed by atoms with Crippen molar-refractivity contribution < 1.29 is 0 Å². The van der Waals surface area contributed by atoms with E-state index >= 15 is 0 Å². The zero-order valence-corrected chi connectivity index (χ0v) is 19.2. The number of benzene rings is 4. The summed E-state index contributed by atoms with van der Waals surface area (Å²) in [7, 11) is 0. The van der Waals surface area contributed by atoms with Crippen molar-refractivity contribution in [3.63, 3.8) is 0 Å². The van der Waals surface area contributed by atoms with Crippen molar-refractivity contribution in [3.8, 4) is 34.3 Å². The van der Waals surface area contributed by atoms with Crippen LogP contribution < -0.4 is 0 Å². The monoisotopic (exact) mass is 461 g/mol. The summed E-state index contributed by atoms with van der Waals surface area (Å²) in [6, 6.07) is 36.4. The minimum absolute atomic E-state index is 0.536. The number of hydrogen-bond acceptors (Lipinski definition) is 5. The van der Waals surface area contributed by atoms with Gasteiger partial charge in [-0.15, -0.1) is 0 Å². The molecule has 0 radical (unpaired) electrons. The predicted molar refractivity (Wildman–Crippen MR) is 144 cm³/mol. The first-order valence-electron chi connectivity index (χ1n) is 11.8. The lowest BCUT2D eigenvalue weighted by molar-refractivity contribution is 1.07. The maximum atomic E-state index is 5.07. The fraction of sp³-hybridized carbons (Fsp3) is 0. The van der Waals surface area contributed by atoms with Gasteiger partial charge in [-0.25, -0.2) is 19.9 Å². The lowest BCUT2D eigenvalue weighted by atomic mass is 10.00. The first-order valence-corrected chi connectivity index (χ1v) is 11.8. The number of nitrogens with zero attached hydrogens (tertiary/aromatic N) is 5. The zero-order valence-electron chi connectivity index (χ0n) is 19.2. The third kappa shape index (κ3) is 3.37. The highest BCUT2D eigenvalue weighted by molar-refractivity contribution is 6.20. The lowest BCUT2D eigenvalue weighted by Gasteiger charge is -2.13. The van der Waals surface area contributed by atoms with Gasteiger partial charge in [0.25, 0.3) is 0 Å². The van der Waals surface area contributed by atoms with Crippen LogP contribution in [0.2, 0.25) is 0 Å². The van der Waals surface area contributed by atoms with Gasteiger partial charge >= 0.3 is 0 Å². The van der Waals surface area contributed by atoms with Crippen LogP contribution in [-0.2, 0) is 0 Å². The molecule has 0 unspecified atom stereocenters. The van der Waals surface area contributed by atoms with Crippen molar-refractivity contribution in [2.75, 3.05) is 0 Å². The van der Waals surface area contributed by atoms with Gasteiger partial charge in [-0.05, 0) is 12.1 Å². The molecular formula is C31H19N5. The molecule has 168 valence electrons. The van der Waals surface area contributed by atoms with Crippen LogP contribution in [0, 0.1) is 0 Å². The molecule has 3 heterocycles. The predicted octanol–water partition coefficient (Wildman–Crippen LogP) is 7.12. The van der Waals surface area contributed by atoms with Gasteiger partial charge in [0.15, 0.2) is 17.5 Å². The molecule has 3 aromatic heterocycles. The van der Waals surface area contributed by atoms with Crippen molar-refractivity contribution in [3.05, 3.63) is 115 Å². The van der Waals surface area contributed by atoms with E-state index in [0.717, 1.165) is 43.7 Å². The number of hydrogen-bond donors (Lipinski definition) is 0. The van der Waals surface area contributed by atoms with Gasteiger partial charge in [0.05, 0.1) is 11.0 Å². The van der Waals surface area contributed by atoms with E-state index in [1.54, 1.807) is 0 Å². The molecule has 4 aromatic carbocycles. The Morgan fingerprint density at radius 2 is 1.08 bits per heavy atom. The standard InChI is InChI=1S/C31H19N5/c1-3-10-21(11-4-1)29-34-30(22-12-5-2-6-13-22)36-31(35-29)28-24-18-17-20-14-9-19-32-27(20)26(24)23-15-7-8-16-25(23)33-28/h1-19H. The fourth-order valence-corrected chi connectivity index (χ4v) is 4.66. The minimum Gasteiger partial charge on any atom is -0.256 e. The Hall–Kier alpha value is -5.03. The summed E-state index contributed by atoms with van der Waals surface area (Å²) < 4.78 is 0. The first kappa shape index (κ1) is 20.4. The van der Waals surface area contributed by atoms with Gasteiger partial charge in [-0.1, -0.05) is 97.1 Å². The highest BCUT2D eigenvalue weighted by atomic mass is 15.0. The molecule has 0 spiro atoms. The second-order valence-electron chi connectivity index (χ2n) is 8.58. The maximum absolute atomic E-state index is 5.07. The van der Waals surface area contributed by atoms with Crippen molar-refractivity contribution in [2.45, 2.75) is 0 Å². The summed E-state index contributed by atoms with van der Waals surface area (Å²) in [5, 5.41) is 4.15. The number of rotatable bonds is 3. The molecule has 0 N–H and O–H groups in total. The topological polar surface area (TPSA) is 64.5 Å². The van der Waals surface area contributed by atoms with E-state index < -0.39 is 0 Å². The fourth-order valence-electron chi connectivity index (χ4n) is 4.66. The molecule has 7 aromatic rings. The van der Waals surface area contributed by atoms with E-state index in [1.165, 1.54) is 0 Å².